The van der Waals surface area contributed by atoms with Gasteiger partial charge >= 0.3 is 0 Å². The fourth-order valence-corrected chi connectivity index (χ4v) is 3.35. The van der Waals surface area contributed by atoms with Crippen molar-refractivity contribution in [3.63, 3.8) is 0 Å². The number of nitrogens with one attached hydrogen (secondary N) is 2. The molecule has 2 N–H and O–H groups in total. The molecule has 0 aromatic heterocycles. The summed E-state index contributed by atoms with van der Waals surface area (Å²) >= 11 is 1.66. The number of thioether (sulfide) groups is 1. The molecule has 0 spiro atoms. The van der Waals surface area contributed by atoms with E-state index in [1.807, 2.05) is 50.4 Å². The number of carbonyl (C=O) groups excluding carboxylic acids is 2. The molecule has 0 fully saturated rings. The van der Waals surface area contributed by atoms with E-state index < -0.39 is 6.04 Å². The van der Waals surface area contributed by atoms with Crippen molar-refractivity contribution in [3.8, 4) is 0 Å². The summed E-state index contributed by atoms with van der Waals surface area (Å²) in [5.74, 6) is 0.437. The van der Waals surface area contributed by atoms with Crippen LogP contribution in [0.3, 0.4) is 0 Å². The van der Waals surface area contributed by atoms with E-state index in [1.165, 1.54) is 5.56 Å². The highest BCUT2D eigenvalue weighted by molar-refractivity contribution is 7.98. The van der Waals surface area contributed by atoms with E-state index in [9.17, 15) is 9.59 Å². The third kappa shape index (κ3) is 6.43. The molecule has 0 aliphatic heterocycles. The monoisotopic (exact) mass is 384 g/mol. The minimum atomic E-state index is -0.545. The van der Waals surface area contributed by atoms with Crippen molar-refractivity contribution in [3.05, 3.63) is 70.3 Å². The Kier molecular flexibility index (Phi) is 7.92. The van der Waals surface area contributed by atoms with Gasteiger partial charge in [0.1, 0.15) is 6.04 Å². The van der Waals surface area contributed by atoms with Crippen molar-refractivity contribution in [2.75, 3.05) is 12.0 Å². The van der Waals surface area contributed by atoms with Crippen LogP contribution in [0.4, 0.5) is 0 Å². The lowest BCUT2D eigenvalue weighted by atomic mass is 10.1. The van der Waals surface area contributed by atoms with Crippen LogP contribution in [-0.2, 0) is 11.3 Å². The van der Waals surface area contributed by atoms with Gasteiger partial charge in [-0.15, -0.1) is 0 Å². The molecule has 0 aliphatic rings. The number of hydrogen-bond donors (Lipinski definition) is 2. The van der Waals surface area contributed by atoms with Crippen LogP contribution in [0.2, 0.25) is 0 Å². The number of benzene rings is 2. The molecular weight excluding hydrogens is 356 g/mol. The van der Waals surface area contributed by atoms with Gasteiger partial charge in [-0.05, 0) is 62.5 Å². The van der Waals surface area contributed by atoms with Crippen LogP contribution in [0.25, 0.3) is 0 Å². The van der Waals surface area contributed by atoms with Crippen molar-refractivity contribution < 1.29 is 9.59 Å². The van der Waals surface area contributed by atoms with Crippen LogP contribution < -0.4 is 10.6 Å². The summed E-state index contributed by atoms with van der Waals surface area (Å²) in [5.41, 5.74) is 5.03. The van der Waals surface area contributed by atoms with Crippen LogP contribution in [0.1, 0.15) is 39.0 Å². The zero-order valence-corrected chi connectivity index (χ0v) is 17.3. The lowest BCUT2D eigenvalue weighted by molar-refractivity contribution is -0.123. The van der Waals surface area contributed by atoms with Crippen molar-refractivity contribution >= 4 is 23.6 Å². The molecular formula is C22H28N2O2S. The first kappa shape index (κ1) is 21.0. The zero-order chi connectivity index (χ0) is 19.8. The lowest BCUT2D eigenvalue weighted by Crippen LogP contribution is -2.47. The summed E-state index contributed by atoms with van der Waals surface area (Å²) in [4.78, 5) is 25.2. The Balaban J connectivity index is 2.03. The molecule has 4 nitrogen and oxygen atoms in total. The Labute approximate surface area is 166 Å². The average Bonchev–Trinajstić information content (AvgIpc) is 2.64. The minimum absolute atomic E-state index is 0.148. The first-order valence-electron chi connectivity index (χ1n) is 9.11. The molecule has 144 valence electrons. The van der Waals surface area contributed by atoms with Crippen molar-refractivity contribution in [1.82, 2.24) is 10.6 Å². The van der Waals surface area contributed by atoms with Crippen LogP contribution in [0.5, 0.6) is 0 Å². The first-order valence-corrected chi connectivity index (χ1v) is 10.5. The van der Waals surface area contributed by atoms with E-state index in [2.05, 4.69) is 23.6 Å². The van der Waals surface area contributed by atoms with Gasteiger partial charge in [0.2, 0.25) is 5.91 Å². The normalized spacial score (nSPS) is 11.7. The summed E-state index contributed by atoms with van der Waals surface area (Å²) in [5, 5.41) is 5.86. The third-order valence-electron chi connectivity index (χ3n) is 4.46. The number of aryl methyl sites for hydroxylation is 3. The third-order valence-corrected chi connectivity index (χ3v) is 5.11. The largest absolute Gasteiger partial charge is 0.350 e. The Morgan fingerprint density at radius 1 is 1.04 bits per heavy atom. The van der Waals surface area contributed by atoms with E-state index in [0.717, 1.165) is 22.4 Å². The maximum absolute atomic E-state index is 12.7. The van der Waals surface area contributed by atoms with Crippen molar-refractivity contribution in [2.45, 2.75) is 39.8 Å². The molecule has 1 atom stereocenters. The van der Waals surface area contributed by atoms with Gasteiger partial charge in [0, 0.05) is 12.1 Å². The highest BCUT2D eigenvalue weighted by Crippen LogP contribution is 2.11. The summed E-state index contributed by atoms with van der Waals surface area (Å²) in [6.45, 7) is 6.49. The van der Waals surface area contributed by atoms with E-state index >= 15 is 0 Å². The molecule has 2 amide bonds. The summed E-state index contributed by atoms with van der Waals surface area (Å²) < 4.78 is 0. The number of hydrogen-bond acceptors (Lipinski definition) is 3. The highest BCUT2D eigenvalue weighted by atomic mass is 32.2. The molecule has 2 aromatic carbocycles. The van der Waals surface area contributed by atoms with Crippen LogP contribution in [0.15, 0.2) is 42.5 Å². The predicted molar refractivity (Wildman–Crippen MR) is 113 cm³/mol. The second kappa shape index (κ2) is 10.2. The molecule has 27 heavy (non-hydrogen) atoms. The molecule has 1 unspecified atom stereocenters. The fourth-order valence-electron chi connectivity index (χ4n) is 2.88. The summed E-state index contributed by atoms with van der Waals surface area (Å²) in [6.07, 6.45) is 2.59. The van der Waals surface area contributed by atoms with Gasteiger partial charge in [0.05, 0.1) is 0 Å². The predicted octanol–water partition coefficient (Wildman–Crippen LogP) is 3.78. The maximum atomic E-state index is 12.7. The number of rotatable bonds is 8. The molecule has 0 saturated carbocycles. The molecule has 0 heterocycles. The Bertz CT molecular complexity index is 805. The van der Waals surface area contributed by atoms with Gasteiger partial charge in [-0.2, -0.15) is 11.8 Å². The van der Waals surface area contributed by atoms with E-state index in [-0.39, 0.29) is 11.8 Å². The molecule has 5 heteroatoms. The second-order valence-electron chi connectivity index (χ2n) is 6.82. The van der Waals surface area contributed by atoms with Crippen LogP contribution in [-0.4, -0.2) is 29.9 Å². The van der Waals surface area contributed by atoms with Gasteiger partial charge in [-0.3, -0.25) is 9.59 Å². The second-order valence-corrected chi connectivity index (χ2v) is 7.81. The quantitative estimate of drug-likeness (QED) is 0.728. The van der Waals surface area contributed by atoms with Crippen LogP contribution in [0, 0.1) is 20.8 Å². The first-order chi connectivity index (χ1) is 12.9. The van der Waals surface area contributed by atoms with Gasteiger partial charge in [0.25, 0.3) is 5.91 Å². The summed E-state index contributed by atoms with van der Waals surface area (Å²) in [6, 6.07) is 13.0. The molecule has 0 aliphatic carbocycles. The Hall–Kier alpha value is -2.27. The summed E-state index contributed by atoms with van der Waals surface area (Å²) in [7, 11) is 0. The molecule has 0 saturated heterocycles. The Morgan fingerprint density at radius 3 is 2.44 bits per heavy atom. The van der Waals surface area contributed by atoms with Gasteiger partial charge in [-0.25, -0.2) is 0 Å². The van der Waals surface area contributed by atoms with Gasteiger partial charge in [0.15, 0.2) is 0 Å². The number of carbonyl (C=O) groups is 2. The van der Waals surface area contributed by atoms with Crippen molar-refractivity contribution in [2.24, 2.45) is 0 Å². The van der Waals surface area contributed by atoms with E-state index in [1.54, 1.807) is 17.8 Å². The van der Waals surface area contributed by atoms with E-state index in [0.29, 0.717) is 18.5 Å². The van der Waals surface area contributed by atoms with Gasteiger partial charge < -0.3 is 10.6 Å². The Morgan fingerprint density at radius 2 is 1.78 bits per heavy atom. The van der Waals surface area contributed by atoms with Gasteiger partial charge in [-0.1, -0.05) is 41.5 Å². The topological polar surface area (TPSA) is 58.2 Å². The molecule has 2 rings (SSSR count). The number of amides is 2. The molecule has 0 radical (unpaired) electrons. The smallest absolute Gasteiger partial charge is 0.251 e. The standard InChI is InChI=1S/C22H28N2O2S/c1-15-6-5-7-18(13-15)21(25)24-20(10-11-27-4)22(26)23-14-19-9-8-16(2)12-17(19)3/h5-9,12-13,20H,10-11,14H2,1-4H3,(H,23,26)(H,24,25). The maximum Gasteiger partial charge on any atom is 0.251 e. The van der Waals surface area contributed by atoms with E-state index in [4.69, 9.17) is 0 Å². The van der Waals surface area contributed by atoms with Crippen molar-refractivity contribution in [1.29, 1.82) is 0 Å². The molecule has 2 aromatic rings. The fraction of sp³-hybridized carbons (Fsp3) is 0.364. The SMILES string of the molecule is CSCCC(NC(=O)c1cccc(C)c1)C(=O)NCc1ccc(C)cc1C. The highest BCUT2D eigenvalue weighted by Gasteiger charge is 2.21. The molecule has 0 bridgehead atoms. The average molecular weight is 385 g/mol. The lowest BCUT2D eigenvalue weighted by Gasteiger charge is -2.19. The minimum Gasteiger partial charge on any atom is -0.350 e. The van der Waals surface area contributed by atoms with Crippen LogP contribution >= 0.6 is 11.8 Å². The zero-order valence-electron chi connectivity index (χ0n) is 16.5.